The van der Waals surface area contributed by atoms with E-state index in [0.29, 0.717) is 19.8 Å². The van der Waals surface area contributed by atoms with Crippen LogP contribution in [0.2, 0.25) is 0 Å². The van der Waals surface area contributed by atoms with Crippen LogP contribution in [0.3, 0.4) is 0 Å². The highest BCUT2D eigenvalue weighted by Crippen LogP contribution is 2.05. The molecule has 0 unspecified atom stereocenters. The van der Waals surface area contributed by atoms with Crippen LogP contribution >= 0.6 is 24.0 Å². The summed E-state index contributed by atoms with van der Waals surface area (Å²) in [7, 11) is 0. The lowest BCUT2D eigenvalue weighted by molar-refractivity contribution is -0.136. The van der Waals surface area contributed by atoms with Gasteiger partial charge in [-0.15, -0.1) is 24.0 Å². The average Bonchev–Trinajstić information content (AvgIpc) is 2.65. The van der Waals surface area contributed by atoms with Crippen LogP contribution in [0.15, 0.2) is 4.99 Å². The molecule has 164 valence electrons. The molecule has 1 amide bonds. The molecule has 9 heteroatoms. The molecular weight excluding hydrogens is 471 g/mol. The second-order valence-corrected chi connectivity index (χ2v) is 8.17. The Bertz CT molecular complexity index is 483. The summed E-state index contributed by atoms with van der Waals surface area (Å²) in [6.07, 6.45) is 0. The SMILES string of the molecule is CCNC(=NCCNC(C)(C)C)N1CCN(CC(=O)N2CCOCC2)CC1.I. The largest absolute Gasteiger partial charge is 0.378 e. The highest BCUT2D eigenvalue weighted by Gasteiger charge is 2.24. The third-order valence-electron chi connectivity index (χ3n) is 4.76. The third kappa shape index (κ3) is 9.23. The normalized spacial score (nSPS) is 19.4. The number of amides is 1. The summed E-state index contributed by atoms with van der Waals surface area (Å²) in [5.74, 6) is 1.20. The van der Waals surface area contributed by atoms with Gasteiger partial charge in [-0.3, -0.25) is 14.7 Å². The minimum atomic E-state index is 0. The van der Waals surface area contributed by atoms with Crippen LogP contribution in [0, 0.1) is 0 Å². The first-order valence-corrected chi connectivity index (χ1v) is 10.2. The molecule has 0 aromatic heterocycles. The highest BCUT2D eigenvalue weighted by molar-refractivity contribution is 14.0. The topological polar surface area (TPSA) is 72.4 Å². The first kappa shape index (κ1) is 25.4. The minimum absolute atomic E-state index is 0. The van der Waals surface area contributed by atoms with Gasteiger partial charge in [0, 0.05) is 57.9 Å². The van der Waals surface area contributed by atoms with E-state index in [9.17, 15) is 4.79 Å². The first-order chi connectivity index (χ1) is 12.9. The number of hydrogen-bond donors (Lipinski definition) is 2. The van der Waals surface area contributed by atoms with Crippen molar-refractivity contribution in [2.45, 2.75) is 33.2 Å². The van der Waals surface area contributed by atoms with E-state index in [2.05, 4.69) is 48.1 Å². The molecule has 2 saturated heterocycles. The molecule has 0 aromatic rings. The van der Waals surface area contributed by atoms with Crippen molar-refractivity contribution in [3.05, 3.63) is 0 Å². The number of nitrogens with zero attached hydrogens (tertiary/aromatic N) is 4. The number of rotatable bonds is 6. The summed E-state index contributed by atoms with van der Waals surface area (Å²) >= 11 is 0. The highest BCUT2D eigenvalue weighted by atomic mass is 127. The second kappa shape index (κ2) is 12.8. The molecule has 2 N–H and O–H groups in total. The van der Waals surface area contributed by atoms with E-state index in [1.165, 1.54) is 0 Å². The van der Waals surface area contributed by atoms with Crippen LogP contribution in [-0.2, 0) is 9.53 Å². The Morgan fingerprint density at radius 2 is 1.68 bits per heavy atom. The fourth-order valence-corrected chi connectivity index (χ4v) is 3.24. The third-order valence-corrected chi connectivity index (χ3v) is 4.76. The van der Waals surface area contributed by atoms with Crippen molar-refractivity contribution >= 4 is 35.8 Å². The predicted molar refractivity (Wildman–Crippen MR) is 125 cm³/mol. The van der Waals surface area contributed by atoms with Crippen molar-refractivity contribution in [3.8, 4) is 0 Å². The Kier molecular flexibility index (Phi) is 11.6. The van der Waals surface area contributed by atoms with Gasteiger partial charge in [0.1, 0.15) is 0 Å². The molecule has 2 fully saturated rings. The van der Waals surface area contributed by atoms with E-state index in [1.54, 1.807) is 0 Å². The van der Waals surface area contributed by atoms with E-state index in [1.807, 2.05) is 4.90 Å². The smallest absolute Gasteiger partial charge is 0.236 e. The van der Waals surface area contributed by atoms with E-state index >= 15 is 0 Å². The number of guanidine groups is 1. The maximum Gasteiger partial charge on any atom is 0.236 e. The molecule has 2 rings (SSSR count). The minimum Gasteiger partial charge on any atom is -0.378 e. The standard InChI is InChI=1S/C19H38N6O2.HI/c1-5-20-18(21-6-7-22-19(2,3)4)25-10-8-23(9-11-25)16-17(26)24-12-14-27-15-13-24;/h22H,5-16H2,1-4H3,(H,20,21);1H. The van der Waals surface area contributed by atoms with Gasteiger partial charge in [0.2, 0.25) is 5.91 Å². The number of carbonyl (C=O) groups is 1. The van der Waals surface area contributed by atoms with Gasteiger partial charge in [-0.05, 0) is 27.7 Å². The fourth-order valence-electron chi connectivity index (χ4n) is 3.24. The van der Waals surface area contributed by atoms with Gasteiger partial charge < -0.3 is 25.2 Å². The zero-order valence-electron chi connectivity index (χ0n) is 18.0. The number of aliphatic imine (C=N–C) groups is 1. The van der Waals surface area contributed by atoms with E-state index in [0.717, 1.165) is 64.9 Å². The van der Waals surface area contributed by atoms with Crippen molar-refractivity contribution in [3.63, 3.8) is 0 Å². The molecule has 0 spiro atoms. The van der Waals surface area contributed by atoms with Gasteiger partial charge in [-0.1, -0.05) is 0 Å². The van der Waals surface area contributed by atoms with Crippen molar-refractivity contribution in [1.29, 1.82) is 0 Å². The molecular formula is C19H39IN6O2. The Labute approximate surface area is 187 Å². The lowest BCUT2D eigenvalue weighted by Gasteiger charge is -2.37. The molecule has 0 bridgehead atoms. The van der Waals surface area contributed by atoms with Gasteiger partial charge in [-0.25, -0.2) is 0 Å². The first-order valence-electron chi connectivity index (χ1n) is 10.2. The monoisotopic (exact) mass is 510 g/mol. The zero-order valence-corrected chi connectivity index (χ0v) is 20.3. The Balaban J connectivity index is 0.00000392. The number of hydrogen-bond acceptors (Lipinski definition) is 5. The average molecular weight is 510 g/mol. The number of piperazine rings is 1. The molecule has 0 aliphatic carbocycles. The van der Waals surface area contributed by atoms with Crippen molar-refractivity contribution < 1.29 is 9.53 Å². The number of nitrogens with one attached hydrogen (secondary N) is 2. The molecule has 0 atom stereocenters. The lowest BCUT2D eigenvalue weighted by Crippen LogP contribution is -2.55. The maximum absolute atomic E-state index is 12.4. The van der Waals surface area contributed by atoms with Crippen molar-refractivity contribution in [1.82, 2.24) is 25.3 Å². The molecule has 0 radical (unpaired) electrons. The van der Waals surface area contributed by atoms with Crippen molar-refractivity contribution in [2.24, 2.45) is 4.99 Å². The molecule has 0 aromatic carbocycles. The quantitative estimate of drug-likeness (QED) is 0.234. The van der Waals surface area contributed by atoms with Gasteiger partial charge in [0.05, 0.1) is 26.3 Å². The predicted octanol–water partition coefficient (Wildman–Crippen LogP) is 0.434. The summed E-state index contributed by atoms with van der Waals surface area (Å²) < 4.78 is 5.32. The second-order valence-electron chi connectivity index (χ2n) is 8.17. The van der Waals surface area contributed by atoms with E-state index in [4.69, 9.17) is 9.73 Å². The summed E-state index contributed by atoms with van der Waals surface area (Å²) in [6, 6.07) is 0. The molecule has 2 heterocycles. The molecule has 8 nitrogen and oxygen atoms in total. The van der Waals surface area contributed by atoms with Gasteiger partial charge >= 0.3 is 0 Å². The van der Waals surface area contributed by atoms with E-state index < -0.39 is 0 Å². The summed E-state index contributed by atoms with van der Waals surface area (Å²) in [5.41, 5.74) is 0.118. The summed E-state index contributed by atoms with van der Waals surface area (Å²) in [6.45, 7) is 17.9. The van der Waals surface area contributed by atoms with Crippen LogP contribution in [-0.4, -0.2) is 111 Å². The molecule has 0 saturated carbocycles. The molecule has 2 aliphatic heterocycles. The van der Waals surface area contributed by atoms with Crippen LogP contribution < -0.4 is 10.6 Å². The Morgan fingerprint density at radius 1 is 1.04 bits per heavy atom. The number of carbonyl (C=O) groups excluding carboxylic acids is 1. The van der Waals surface area contributed by atoms with Gasteiger partial charge in [-0.2, -0.15) is 0 Å². The number of halogens is 1. The van der Waals surface area contributed by atoms with Crippen LogP contribution in [0.1, 0.15) is 27.7 Å². The zero-order chi connectivity index (χ0) is 19.7. The van der Waals surface area contributed by atoms with Crippen LogP contribution in [0.4, 0.5) is 0 Å². The number of ether oxygens (including phenoxy) is 1. The maximum atomic E-state index is 12.4. The van der Waals surface area contributed by atoms with E-state index in [-0.39, 0.29) is 35.4 Å². The van der Waals surface area contributed by atoms with Crippen LogP contribution in [0.5, 0.6) is 0 Å². The lowest BCUT2D eigenvalue weighted by atomic mass is 10.1. The Hall–Kier alpha value is -0.650. The molecule has 28 heavy (non-hydrogen) atoms. The summed E-state index contributed by atoms with van der Waals surface area (Å²) in [4.78, 5) is 23.6. The molecule has 2 aliphatic rings. The van der Waals surface area contributed by atoms with Crippen LogP contribution in [0.25, 0.3) is 0 Å². The fraction of sp³-hybridized carbons (Fsp3) is 0.895. The van der Waals surface area contributed by atoms with Gasteiger partial charge in [0.15, 0.2) is 5.96 Å². The Morgan fingerprint density at radius 3 is 2.25 bits per heavy atom. The van der Waals surface area contributed by atoms with Crippen molar-refractivity contribution in [2.75, 3.05) is 78.7 Å². The number of morpholine rings is 1. The van der Waals surface area contributed by atoms with Gasteiger partial charge in [0.25, 0.3) is 0 Å². The summed E-state index contributed by atoms with van der Waals surface area (Å²) in [5, 5.41) is 6.87.